The Hall–Kier alpha value is -1.68. The van der Waals surface area contributed by atoms with Gasteiger partial charge in [-0.15, -0.1) is 11.3 Å². The molecule has 0 radical (unpaired) electrons. The lowest BCUT2D eigenvalue weighted by atomic mass is 10.1. The zero-order chi connectivity index (χ0) is 13.0. The van der Waals surface area contributed by atoms with Crippen LogP contribution in [0, 0.1) is 6.92 Å². The maximum atomic E-state index is 11.5. The Morgan fingerprint density at radius 1 is 1.39 bits per heavy atom. The fourth-order valence-corrected chi connectivity index (χ4v) is 2.45. The first kappa shape index (κ1) is 12.8. The number of carbonyl (C=O) groups is 1. The van der Waals surface area contributed by atoms with Crippen LogP contribution in [0.1, 0.15) is 25.3 Å². The van der Waals surface area contributed by atoms with E-state index >= 15 is 0 Å². The molecule has 0 spiro atoms. The summed E-state index contributed by atoms with van der Waals surface area (Å²) in [6, 6.07) is 8.11. The molecule has 0 saturated carbocycles. The number of benzene rings is 1. The zero-order valence-electron chi connectivity index (χ0n) is 10.6. The lowest BCUT2D eigenvalue weighted by molar-refractivity contribution is -0.116. The van der Waals surface area contributed by atoms with Gasteiger partial charge in [-0.3, -0.25) is 4.79 Å². The molecule has 0 aliphatic heterocycles. The number of aryl methyl sites for hydroxylation is 1. The van der Waals surface area contributed by atoms with Crippen molar-refractivity contribution in [3.05, 3.63) is 35.2 Å². The number of amides is 1. The van der Waals surface area contributed by atoms with Crippen LogP contribution < -0.4 is 5.32 Å². The van der Waals surface area contributed by atoms with Crippen molar-refractivity contribution < 1.29 is 4.79 Å². The van der Waals surface area contributed by atoms with E-state index in [0.29, 0.717) is 11.6 Å². The third-order valence-electron chi connectivity index (χ3n) is 2.65. The number of aromatic nitrogens is 1. The maximum absolute atomic E-state index is 11.5. The molecular formula is C14H16N2OS. The molecule has 2 aromatic rings. The molecule has 1 aromatic carbocycles. The largest absolute Gasteiger partial charge is 0.302 e. The molecule has 18 heavy (non-hydrogen) atoms. The lowest BCUT2D eigenvalue weighted by Crippen LogP contribution is -2.10. The molecule has 0 fully saturated rings. The Bertz CT molecular complexity index is 548. The average Bonchev–Trinajstić information content (AvgIpc) is 2.78. The lowest BCUT2D eigenvalue weighted by Gasteiger charge is -2.01. The van der Waals surface area contributed by atoms with Crippen LogP contribution in [0.4, 0.5) is 5.13 Å². The van der Waals surface area contributed by atoms with Crippen LogP contribution in [0.25, 0.3) is 11.3 Å². The Balaban J connectivity index is 2.16. The Morgan fingerprint density at radius 3 is 2.89 bits per heavy atom. The van der Waals surface area contributed by atoms with Crippen molar-refractivity contribution in [3.8, 4) is 11.3 Å². The van der Waals surface area contributed by atoms with Crippen molar-refractivity contribution in [2.75, 3.05) is 5.32 Å². The SMILES string of the molecule is CCCC(=O)Nc1nc(-c2ccccc2C)cs1. The van der Waals surface area contributed by atoms with E-state index in [0.717, 1.165) is 17.7 Å². The van der Waals surface area contributed by atoms with Gasteiger partial charge in [0.15, 0.2) is 5.13 Å². The number of nitrogens with one attached hydrogen (secondary N) is 1. The van der Waals surface area contributed by atoms with Crippen LogP contribution in [0.2, 0.25) is 0 Å². The van der Waals surface area contributed by atoms with E-state index in [1.54, 1.807) is 0 Å². The number of anilines is 1. The van der Waals surface area contributed by atoms with E-state index in [9.17, 15) is 4.79 Å². The molecule has 1 amide bonds. The summed E-state index contributed by atoms with van der Waals surface area (Å²) in [6.07, 6.45) is 1.39. The van der Waals surface area contributed by atoms with E-state index in [1.165, 1.54) is 16.9 Å². The summed E-state index contributed by atoms with van der Waals surface area (Å²) in [6.45, 7) is 4.05. The van der Waals surface area contributed by atoms with Gasteiger partial charge in [-0.2, -0.15) is 0 Å². The monoisotopic (exact) mass is 260 g/mol. The predicted octanol–water partition coefficient (Wildman–Crippen LogP) is 3.86. The second-order valence-corrected chi connectivity index (χ2v) is 5.01. The second-order valence-electron chi connectivity index (χ2n) is 4.15. The van der Waals surface area contributed by atoms with Gasteiger partial charge in [0.1, 0.15) is 0 Å². The minimum absolute atomic E-state index is 0.0307. The van der Waals surface area contributed by atoms with Crippen LogP contribution in [-0.4, -0.2) is 10.9 Å². The summed E-state index contributed by atoms with van der Waals surface area (Å²) in [7, 11) is 0. The third-order valence-corrected chi connectivity index (χ3v) is 3.41. The van der Waals surface area contributed by atoms with E-state index in [1.807, 2.05) is 30.5 Å². The van der Waals surface area contributed by atoms with Crippen LogP contribution in [-0.2, 0) is 4.79 Å². The van der Waals surface area contributed by atoms with Crippen molar-refractivity contribution in [1.82, 2.24) is 4.98 Å². The summed E-state index contributed by atoms with van der Waals surface area (Å²) in [5.41, 5.74) is 3.23. The first-order valence-corrected chi connectivity index (χ1v) is 6.90. The summed E-state index contributed by atoms with van der Waals surface area (Å²) in [4.78, 5) is 15.9. The summed E-state index contributed by atoms with van der Waals surface area (Å²) < 4.78 is 0. The highest BCUT2D eigenvalue weighted by Gasteiger charge is 2.08. The summed E-state index contributed by atoms with van der Waals surface area (Å²) in [5.74, 6) is 0.0307. The molecule has 0 atom stereocenters. The summed E-state index contributed by atoms with van der Waals surface area (Å²) >= 11 is 1.46. The predicted molar refractivity (Wildman–Crippen MR) is 75.8 cm³/mol. The van der Waals surface area contributed by atoms with E-state index < -0.39 is 0 Å². The van der Waals surface area contributed by atoms with Gasteiger partial charge in [-0.1, -0.05) is 31.2 Å². The summed E-state index contributed by atoms with van der Waals surface area (Å²) in [5, 5.41) is 5.47. The smallest absolute Gasteiger partial charge is 0.226 e. The molecule has 3 nitrogen and oxygen atoms in total. The Kier molecular flexibility index (Phi) is 4.10. The number of nitrogens with zero attached hydrogens (tertiary/aromatic N) is 1. The van der Waals surface area contributed by atoms with Gasteiger partial charge in [0, 0.05) is 17.4 Å². The van der Waals surface area contributed by atoms with Gasteiger partial charge in [0.2, 0.25) is 5.91 Å². The first-order valence-electron chi connectivity index (χ1n) is 6.02. The first-order chi connectivity index (χ1) is 8.70. The Morgan fingerprint density at radius 2 is 2.17 bits per heavy atom. The van der Waals surface area contributed by atoms with Gasteiger partial charge < -0.3 is 5.32 Å². The number of rotatable bonds is 4. The fraction of sp³-hybridized carbons (Fsp3) is 0.286. The van der Waals surface area contributed by atoms with Crippen LogP contribution >= 0.6 is 11.3 Å². The molecule has 2 rings (SSSR count). The van der Waals surface area contributed by atoms with Gasteiger partial charge in [-0.25, -0.2) is 4.98 Å². The normalized spacial score (nSPS) is 10.3. The maximum Gasteiger partial charge on any atom is 0.226 e. The third kappa shape index (κ3) is 2.96. The molecule has 0 saturated heterocycles. The number of thiazole rings is 1. The van der Waals surface area contributed by atoms with E-state index in [-0.39, 0.29) is 5.91 Å². The van der Waals surface area contributed by atoms with Crippen LogP contribution in [0.15, 0.2) is 29.6 Å². The molecule has 1 heterocycles. The van der Waals surface area contributed by atoms with Crippen molar-refractivity contribution in [2.24, 2.45) is 0 Å². The van der Waals surface area contributed by atoms with Crippen LogP contribution in [0.3, 0.4) is 0 Å². The topological polar surface area (TPSA) is 42.0 Å². The average molecular weight is 260 g/mol. The number of hydrogen-bond donors (Lipinski definition) is 1. The number of hydrogen-bond acceptors (Lipinski definition) is 3. The van der Waals surface area contributed by atoms with Crippen molar-refractivity contribution in [3.63, 3.8) is 0 Å². The highest BCUT2D eigenvalue weighted by molar-refractivity contribution is 7.14. The van der Waals surface area contributed by atoms with Gasteiger partial charge in [-0.05, 0) is 18.9 Å². The molecule has 0 bridgehead atoms. The van der Waals surface area contributed by atoms with Crippen molar-refractivity contribution in [1.29, 1.82) is 0 Å². The van der Waals surface area contributed by atoms with Crippen molar-refractivity contribution >= 4 is 22.4 Å². The Labute approximate surface area is 111 Å². The minimum atomic E-state index is 0.0307. The van der Waals surface area contributed by atoms with E-state index in [2.05, 4.69) is 23.3 Å². The van der Waals surface area contributed by atoms with Crippen LogP contribution in [0.5, 0.6) is 0 Å². The van der Waals surface area contributed by atoms with Crippen molar-refractivity contribution in [2.45, 2.75) is 26.7 Å². The quantitative estimate of drug-likeness (QED) is 0.907. The fourth-order valence-electron chi connectivity index (χ4n) is 1.72. The molecule has 0 aliphatic rings. The van der Waals surface area contributed by atoms with Gasteiger partial charge in [0.25, 0.3) is 0 Å². The molecule has 0 unspecified atom stereocenters. The molecule has 1 N–H and O–H groups in total. The molecule has 1 aromatic heterocycles. The molecule has 94 valence electrons. The van der Waals surface area contributed by atoms with Gasteiger partial charge in [0.05, 0.1) is 5.69 Å². The highest BCUT2D eigenvalue weighted by Crippen LogP contribution is 2.27. The standard InChI is InChI=1S/C14H16N2OS/c1-3-6-13(17)16-14-15-12(9-18-14)11-8-5-4-7-10(11)2/h4-5,7-9H,3,6H2,1-2H3,(H,15,16,17). The molecular weight excluding hydrogens is 244 g/mol. The molecule has 4 heteroatoms. The number of carbonyl (C=O) groups excluding carboxylic acids is 1. The van der Waals surface area contributed by atoms with Gasteiger partial charge >= 0.3 is 0 Å². The highest BCUT2D eigenvalue weighted by atomic mass is 32.1. The molecule has 0 aliphatic carbocycles. The second kappa shape index (κ2) is 5.78. The zero-order valence-corrected chi connectivity index (χ0v) is 11.4. The van der Waals surface area contributed by atoms with E-state index in [4.69, 9.17) is 0 Å². The minimum Gasteiger partial charge on any atom is -0.302 e.